The molecule has 0 atom stereocenters. The molecule has 6 nitrogen and oxygen atoms in total. The van der Waals surface area contributed by atoms with Gasteiger partial charge in [0.2, 0.25) is 0 Å². The van der Waals surface area contributed by atoms with Gasteiger partial charge in [0, 0.05) is 16.9 Å². The summed E-state index contributed by atoms with van der Waals surface area (Å²) in [6.07, 6.45) is 1.60. The maximum absolute atomic E-state index is 13.0. The monoisotopic (exact) mass is 419 g/mol. The van der Waals surface area contributed by atoms with Crippen LogP contribution in [0.3, 0.4) is 0 Å². The lowest BCUT2D eigenvalue weighted by molar-refractivity contribution is 0.834. The van der Waals surface area contributed by atoms with Gasteiger partial charge >= 0.3 is 0 Å². The Balaban J connectivity index is 1.72. The molecule has 0 fully saturated rings. The van der Waals surface area contributed by atoms with Crippen LogP contribution in [-0.2, 0) is 0 Å². The molecule has 7 heteroatoms. The van der Waals surface area contributed by atoms with Gasteiger partial charge in [0.15, 0.2) is 0 Å². The lowest BCUT2D eigenvalue weighted by Gasteiger charge is -2.04. The molecule has 1 N–H and O–H groups in total. The Labute approximate surface area is 179 Å². The fourth-order valence-corrected chi connectivity index (χ4v) is 3.56. The highest BCUT2D eigenvalue weighted by Crippen LogP contribution is 2.25. The fourth-order valence-electron chi connectivity index (χ4n) is 3.39. The highest BCUT2D eigenvalue weighted by Gasteiger charge is 2.14. The van der Waals surface area contributed by atoms with E-state index < -0.39 is 0 Å². The molecule has 0 aliphatic carbocycles. The topological polar surface area (TPSA) is 68.0 Å². The molecule has 4 rings (SSSR count). The highest BCUT2D eigenvalue weighted by atomic mass is 35.5. The van der Waals surface area contributed by atoms with Crippen LogP contribution >= 0.6 is 11.6 Å². The van der Waals surface area contributed by atoms with E-state index in [9.17, 15) is 4.79 Å². The van der Waals surface area contributed by atoms with Crippen LogP contribution in [0.5, 0.6) is 0 Å². The van der Waals surface area contributed by atoms with Crippen LogP contribution in [0, 0.1) is 27.7 Å². The second-order valence-corrected chi connectivity index (χ2v) is 7.66. The molecule has 2 aromatic heterocycles. The number of para-hydroxylation sites is 1. The number of nitrogens with one attached hydrogen (secondary N) is 1. The van der Waals surface area contributed by atoms with Crippen molar-refractivity contribution in [1.29, 1.82) is 0 Å². The molecular formula is C23H22ClN5O. The second kappa shape index (κ2) is 7.80. The van der Waals surface area contributed by atoms with Crippen LogP contribution in [0.2, 0.25) is 5.02 Å². The Hall–Kier alpha value is -3.38. The third-order valence-corrected chi connectivity index (χ3v) is 5.51. The number of nitrogens with zero attached hydrogens (tertiary/aromatic N) is 4. The predicted molar refractivity (Wildman–Crippen MR) is 121 cm³/mol. The van der Waals surface area contributed by atoms with Gasteiger partial charge in [-0.25, -0.2) is 9.36 Å². The van der Waals surface area contributed by atoms with Crippen molar-refractivity contribution in [3.05, 3.63) is 92.1 Å². The summed E-state index contributed by atoms with van der Waals surface area (Å²) in [5.41, 5.74) is 6.12. The van der Waals surface area contributed by atoms with Crippen molar-refractivity contribution < 1.29 is 0 Å². The molecular weight excluding hydrogens is 398 g/mol. The van der Waals surface area contributed by atoms with E-state index in [-0.39, 0.29) is 5.56 Å². The molecule has 2 heterocycles. The predicted octanol–water partition coefficient (Wildman–Crippen LogP) is 4.99. The molecule has 0 aliphatic heterocycles. The minimum absolute atomic E-state index is 0.179. The number of aromatic nitrogens is 4. The van der Waals surface area contributed by atoms with E-state index in [4.69, 9.17) is 11.6 Å². The van der Waals surface area contributed by atoms with Crippen molar-refractivity contribution >= 4 is 23.5 Å². The van der Waals surface area contributed by atoms with E-state index in [0.717, 1.165) is 34.0 Å². The molecule has 0 radical (unpaired) electrons. The SMILES string of the molecule is Cc1ccc(-n2[nH]c(C)c(C=Nc3c(C)nn(-c4ccccc4)c3C)c2=O)cc1Cl. The Morgan fingerprint density at radius 1 is 1.03 bits per heavy atom. The van der Waals surface area contributed by atoms with Gasteiger partial charge in [-0.1, -0.05) is 35.9 Å². The zero-order chi connectivity index (χ0) is 21.4. The molecule has 0 saturated heterocycles. The average molecular weight is 420 g/mol. The van der Waals surface area contributed by atoms with Crippen LogP contribution < -0.4 is 5.56 Å². The van der Waals surface area contributed by atoms with Gasteiger partial charge in [-0.05, 0) is 57.5 Å². The number of hydrogen-bond donors (Lipinski definition) is 1. The molecule has 2 aromatic carbocycles. The van der Waals surface area contributed by atoms with E-state index in [1.165, 1.54) is 4.68 Å². The van der Waals surface area contributed by atoms with Gasteiger partial charge in [-0.3, -0.25) is 14.9 Å². The first kappa shape index (κ1) is 19.9. The van der Waals surface area contributed by atoms with Crippen molar-refractivity contribution in [3.8, 4) is 11.4 Å². The van der Waals surface area contributed by atoms with Crippen LogP contribution in [-0.4, -0.2) is 25.8 Å². The van der Waals surface area contributed by atoms with E-state index in [0.29, 0.717) is 16.3 Å². The molecule has 152 valence electrons. The molecule has 0 unspecified atom stereocenters. The maximum atomic E-state index is 13.0. The Kier molecular flexibility index (Phi) is 5.18. The maximum Gasteiger partial charge on any atom is 0.280 e. The number of halogens is 1. The zero-order valence-electron chi connectivity index (χ0n) is 17.3. The molecule has 0 spiro atoms. The van der Waals surface area contributed by atoms with Gasteiger partial charge in [-0.15, -0.1) is 0 Å². The van der Waals surface area contributed by atoms with Gasteiger partial charge < -0.3 is 0 Å². The third kappa shape index (κ3) is 3.50. The standard InChI is InChI=1S/C23H22ClN5O/c1-14-10-11-19(12-21(14)24)29-23(30)20(15(2)26-29)13-25-22-16(3)27-28(17(22)4)18-8-6-5-7-9-18/h5-13,26H,1-4H3. The largest absolute Gasteiger partial charge is 0.295 e. The summed E-state index contributed by atoms with van der Waals surface area (Å²) in [6.45, 7) is 7.65. The lowest BCUT2D eigenvalue weighted by Crippen LogP contribution is -2.17. The normalized spacial score (nSPS) is 11.5. The quantitative estimate of drug-likeness (QED) is 0.473. The average Bonchev–Trinajstić information content (AvgIpc) is 3.18. The number of aromatic amines is 1. The highest BCUT2D eigenvalue weighted by molar-refractivity contribution is 6.31. The Morgan fingerprint density at radius 3 is 2.47 bits per heavy atom. The van der Waals surface area contributed by atoms with Gasteiger partial charge in [0.25, 0.3) is 5.56 Å². The molecule has 30 heavy (non-hydrogen) atoms. The van der Waals surface area contributed by atoms with E-state index in [1.54, 1.807) is 12.3 Å². The zero-order valence-corrected chi connectivity index (χ0v) is 18.0. The minimum Gasteiger partial charge on any atom is -0.295 e. The summed E-state index contributed by atoms with van der Waals surface area (Å²) in [5, 5.41) is 8.32. The van der Waals surface area contributed by atoms with E-state index >= 15 is 0 Å². The van der Waals surface area contributed by atoms with Gasteiger partial charge in [0.05, 0.1) is 28.3 Å². The van der Waals surface area contributed by atoms with Gasteiger partial charge in [0.1, 0.15) is 5.69 Å². The van der Waals surface area contributed by atoms with Crippen LogP contribution in [0.4, 0.5) is 5.69 Å². The van der Waals surface area contributed by atoms with Gasteiger partial charge in [-0.2, -0.15) is 5.10 Å². The minimum atomic E-state index is -0.179. The first-order valence-corrected chi connectivity index (χ1v) is 9.98. The van der Waals surface area contributed by atoms with Crippen LogP contribution in [0.1, 0.15) is 28.2 Å². The van der Waals surface area contributed by atoms with Crippen molar-refractivity contribution in [2.24, 2.45) is 4.99 Å². The Bertz CT molecular complexity index is 1310. The Morgan fingerprint density at radius 2 is 1.77 bits per heavy atom. The lowest BCUT2D eigenvalue weighted by atomic mass is 10.2. The smallest absolute Gasteiger partial charge is 0.280 e. The summed E-state index contributed by atoms with van der Waals surface area (Å²) in [4.78, 5) is 17.6. The first-order chi connectivity index (χ1) is 14.4. The number of benzene rings is 2. The van der Waals surface area contributed by atoms with Crippen molar-refractivity contribution in [3.63, 3.8) is 0 Å². The molecule has 0 amide bonds. The summed E-state index contributed by atoms with van der Waals surface area (Å²) in [7, 11) is 0. The van der Waals surface area contributed by atoms with Crippen molar-refractivity contribution in [2.75, 3.05) is 0 Å². The number of rotatable bonds is 4. The summed E-state index contributed by atoms with van der Waals surface area (Å²) < 4.78 is 3.34. The first-order valence-electron chi connectivity index (χ1n) is 9.60. The number of aryl methyl sites for hydroxylation is 3. The summed E-state index contributed by atoms with van der Waals surface area (Å²) in [5.74, 6) is 0. The fraction of sp³-hybridized carbons (Fsp3) is 0.174. The second-order valence-electron chi connectivity index (χ2n) is 7.25. The molecule has 0 aliphatic rings. The van der Waals surface area contributed by atoms with Crippen LogP contribution in [0.15, 0.2) is 58.3 Å². The van der Waals surface area contributed by atoms with Crippen molar-refractivity contribution in [2.45, 2.75) is 27.7 Å². The number of H-pyrrole nitrogens is 1. The number of hydrogen-bond acceptors (Lipinski definition) is 3. The number of aliphatic imine (C=N–C) groups is 1. The summed E-state index contributed by atoms with van der Waals surface area (Å²) in [6, 6.07) is 15.4. The van der Waals surface area contributed by atoms with Crippen LogP contribution in [0.25, 0.3) is 11.4 Å². The van der Waals surface area contributed by atoms with E-state index in [2.05, 4.69) is 15.2 Å². The van der Waals surface area contributed by atoms with E-state index in [1.807, 2.05) is 74.8 Å². The van der Waals surface area contributed by atoms with Crippen molar-refractivity contribution in [1.82, 2.24) is 19.6 Å². The summed E-state index contributed by atoms with van der Waals surface area (Å²) >= 11 is 6.23. The molecule has 4 aromatic rings. The third-order valence-electron chi connectivity index (χ3n) is 5.11. The molecule has 0 saturated carbocycles. The molecule has 0 bridgehead atoms.